The number of para-hydroxylation sites is 4. The van der Waals surface area contributed by atoms with Crippen LogP contribution >= 0.6 is 0 Å². The fourth-order valence-corrected chi connectivity index (χ4v) is 8.90. The van der Waals surface area contributed by atoms with Crippen molar-refractivity contribution in [1.29, 1.82) is 0 Å². The van der Waals surface area contributed by atoms with Gasteiger partial charge in [0.05, 0.1) is 27.8 Å². The summed E-state index contributed by atoms with van der Waals surface area (Å²) in [6.07, 6.45) is 0. The Morgan fingerprint density at radius 3 is 1.87 bits per heavy atom. The smallest absolute Gasteiger partial charge is 0.227 e. The van der Waals surface area contributed by atoms with E-state index in [2.05, 4.69) is 179 Å². The Labute approximate surface area is 345 Å². The third-order valence-electron chi connectivity index (χ3n) is 11.6. The van der Waals surface area contributed by atoms with E-state index in [0.29, 0.717) is 5.89 Å². The van der Waals surface area contributed by atoms with Gasteiger partial charge in [0.1, 0.15) is 16.7 Å². The van der Waals surface area contributed by atoms with E-state index < -0.39 is 0 Å². The van der Waals surface area contributed by atoms with E-state index >= 15 is 0 Å². The highest BCUT2D eigenvalue weighted by atomic mass is 16.4. The molecule has 0 unspecified atom stereocenters. The standard InChI is InChI=1S/C55H35N3O2/c1-4-15-37(16-5-1)42-21-10-12-24-46(42)57(48-26-14-23-44-43-22-11-13-25-47(43)58(54(44)48)40-19-8-3-9-20-40)41-30-27-36(28-31-41)39-29-32-49-45(35-39)52-50(59-49)33-34-51-53(52)56-55(60-51)38-17-6-2-7-18-38/h1-35H. The lowest BCUT2D eigenvalue weighted by molar-refractivity contribution is 0.619. The number of hydrogen-bond acceptors (Lipinski definition) is 4. The highest BCUT2D eigenvalue weighted by Crippen LogP contribution is 2.47. The lowest BCUT2D eigenvalue weighted by atomic mass is 10.00. The van der Waals surface area contributed by atoms with E-state index in [1.54, 1.807) is 0 Å². The van der Waals surface area contributed by atoms with Crippen molar-refractivity contribution < 1.29 is 8.83 Å². The molecule has 60 heavy (non-hydrogen) atoms. The quantitative estimate of drug-likeness (QED) is 0.162. The van der Waals surface area contributed by atoms with Crippen LogP contribution in [0.4, 0.5) is 17.1 Å². The average Bonchev–Trinajstić information content (AvgIpc) is 4.03. The minimum absolute atomic E-state index is 0.595. The molecule has 0 fully saturated rings. The van der Waals surface area contributed by atoms with Crippen LogP contribution in [0.25, 0.3) is 94.2 Å². The number of furan rings is 1. The summed E-state index contributed by atoms with van der Waals surface area (Å²) in [4.78, 5) is 7.40. The molecular formula is C55H35N3O2. The van der Waals surface area contributed by atoms with Gasteiger partial charge in [-0.25, -0.2) is 4.98 Å². The van der Waals surface area contributed by atoms with E-state index in [9.17, 15) is 0 Å². The molecule has 12 aromatic rings. The molecule has 282 valence electrons. The van der Waals surface area contributed by atoms with Gasteiger partial charge in [0.2, 0.25) is 5.89 Å². The molecule has 0 aliphatic carbocycles. The third-order valence-corrected chi connectivity index (χ3v) is 11.6. The van der Waals surface area contributed by atoms with Gasteiger partial charge in [0.25, 0.3) is 0 Å². The Morgan fingerprint density at radius 1 is 0.417 bits per heavy atom. The predicted octanol–water partition coefficient (Wildman–Crippen LogP) is 15.3. The van der Waals surface area contributed by atoms with Gasteiger partial charge in [-0.2, -0.15) is 0 Å². The van der Waals surface area contributed by atoms with Crippen molar-refractivity contribution in [3.63, 3.8) is 0 Å². The molecule has 9 aromatic carbocycles. The molecule has 0 aliphatic rings. The van der Waals surface area contributed by atoms with Crippen LogP contribution < -0.4 is 4.90 Å². The Morgan fingerprint density at radius 2 is 1.05 bits per heavy atom. The van der Waals surface area contributed by atoms with Gasteiger partial charge < -0.3 is 18.3 Å². The first-order valence-electron chi connectivity index (χ1n) is 20.2. The number of hydrogen-bond donors (Lipinski definition) is 0. The van der Waals surface area contributed by atoms with Gasteiger partial charge in [-0.05, 0) is 95.6 Å². The monoisotopic (exact) mass is 769 g/mol. The molecule has 0 amide bonds. The van der Waals surface area contributed by atoms with Crippen molar-refractivity contribution in [2.45, 2.75) is 0 Å². The molecule has 12 rings (SSSR count). The number of aromatic nitrogens is 2. The first kappa shape index (κ1) is 33.9. The van der Waals surface area contributed by atoms with Gasteiger partial charge in [-0.3, -0.25) is 0 Å². The van der Waals surface area contributed by atoms with Crippen LogP contribution in [-0.2, 0) is 0 Å². The first-order chi connectivity index (χ1) is 29.8. The van der Waals surface area contributed by atoms with Crippen LogP contribution in [0.2, 0.25) is 0 Å². The maximum absolute atomic E-state index is 6.37. The van der Waals surface area contributed by atoms with Crippen molar-refractivity contribution >= 4 is 71.9 Å². The Balaban J connectivity index is 1.04. The van der Waals surface area contributed by atoms with Crippen molar-refractivity contribution in [2.24, 2.45) is 0 Å². The predicted molar refractivity (Wildman–Crippen MR) is 247 cm³/mol. The van der Waals surface area contributed by atoms with Crippen LogP contribution in [0.15, 0.2) is 221 Å². The van der Waals surface area contributed by atoms with Gasteiger partial charge in [-0.1, -0.05) is 133 Å². The summed E-state index contributed by atoms with van der Waals surface area (Å²) in [6, 6.07) is 74.7. The van der Waals surface area contributed by atoms with E-state index in [1.807, 2.05) is 42.5 Å². The number of anilines is 3. The maximum atomic E-state index is 6.37. The molecule has 0 spiro atoms. The van der Waals surface area contributed by atoms with Crippen LogP contribution in [-0.4, -0.2) is 9.55 Å². The maximum Gasteiger partial charge on any atom is 0.227 e. The normalized spacial score (nSPS) is 11.7. The molecular weight excluding hydrogens is 735 g/mol. The minimum Gasteiger partial charge on any atom is -0.456 e. The van der Waals surface area contributed by atoms with E-state index in [4.69, 9.17) is 13.8 Å². The van der Waals surface area contributed by atoms with Crippen LogP contribution in [0.1, 0.15) is 0 Å². The summed E-state index contributed by atoms with van der Waals surface area (Å²) in [6.45, 7) is 0. The van der Waals surface area contributed by atoms with Crippen molar-refractivity contribution in [3.8, 4) is 39.4 Å². The second-order valence-electron chi connectivity index (χ2n) is 15.1. The SMILES string of the molecule is c1ccc(-c2nc3c(ccc4oc5ccc(-c6ccc(N(c7ccccc7-c7ccccc7)c7cccc8c9ccccc9n(-c9ccccc9)c78)cc6)cc5c43)o2)cc1. The van der Waals surface area contributed by atoms with Gasteiger partial charge in [0.15, 0.2) is 5.58 Å². The number of rotatable bonds is 7. The van der Waals surface area contributed by atoms with Crippen molar-refractivity contribution in [2.75, 3.05) is 4.90 Å². The molecule has 0 saturated carbocycles. The number of oxazole rings is 1. The highest BCUT2D eigenvalue weighted by molar-refractivity contribution is 6.18. The molecule has 3 heterocycles. The first-order valence-corrected chi connectivity index (χ1v) is 20.2. The van der Waals surface area contributed by atoms with Crippen LogP contribution in [0.3, 0.4) is 0 Å². The summed E-state index contributed by atoms with van der Waals surface area (Å²) in [5, 5.41) is 4.37. The topological polar surface area (TPSA) is 47.3 Å². The van der Waals surface area contributed by atoms with Gasteiger partial charge >= 0.3 is 0 Å². The summed E-state index contributed by atoms with van der Waals surface area (Å²) < 4.78 is 15.0. The summed E-state index contributed by atoms with van der Waals surface area (Å²) in [5.41, 5.74) is 15.2. The van der Waals surface area contributed by atoms with Gasteiger partial charge in [0, 0.05) is 38.7 Å². The summed E-state index contributed by atoms with van der Waals surface area (Å²) in [5.74, 6) is 0.595. The molecule has 0 atom stereocenters. The van der Waals surface area contributed by atoms with Crippen molar-refractivity contribution in [1.82, 2.24) is 9.55 Å². The molecule has 3 aromatic heterocycles. The average molecular weight is 770 g/mol. The van der Waals surface area contributed by atoms with E-state index in [0.717, 1.165) is 89.1 Å². The number of fused-ring (bicyclic) bond motifs is 8. The van der Waals surface area contributed by atoms with Crippen molar-refractivity contribution in [3.05, 3.63) is 212 Å². The lowest BCUT2D eigenvalue weighted by Gasteiger charge is -2.29. The zero-order chi connectivity index (χ0) is 39.6. The molecule has 0 N–H and O–H groups in total. The summed E-state index contributed by atoms with van der Waals surface area (Å²) >= 11 is 0. The number of benzene rings is 9. The second kappa shape index (κ2) is 13.8. The minimum atomic E-state index is 0.595. The lowest BCUT2D eigenvalue weighted by Crippen LogP contribution is -2.12. The highest BCUT2D eigenvalue weighted by Gasteiger charge is 2.24. The van der Waals surface area contributed by atoms with Crippen LogP contribution in [0, 0.1) is 0 Å². The third kappa shape index (κ3) is 5.44. The van der Waals surface area contributed by atoms with E-state index in [-0.39, 0.29) is 0 Å². The van der Waals surface area contributed by atoms with Crippen LogP contribution in [0.5, 0.6) is 0 Å². The molecule has 0 aliphatic heterocycles. The molecule has 0 bridgehead atoms. The molecule has 0 radical (unpaired) electrons. The molecule has 5 heteroatoms. The molecule has 0 saturated heterocycles. The van der Waals surface area contributed by atoms with Gasteiger partial charge in [-0.15, -0.1) is 0 Å². The Kier molecular flexibility index (Phi) is 7.78. The largest absolute Gasteiger partial charge is 0.456 e. The fourth-order valence-electron chi connectivity index (χ4n) is 8.90. The summed E-state index contributed by atoms with van der Waals surface area (Å²) in [7, 11) is 0. The fraction of sp³-hybridized carbons (Fsp3) is 0. The zero-order valence-corrected chi connectivity index (χ0v) is 32.4. The Hall–Kier alpha value is -8.15. The second-order valence-corrected chi connectivity index (χ2v) is 15.1. The Bertz CT molecular complexity index is 3530. The number of nitrogens with zero attached hydrogens (tertiary/aromatic N) is 3. The molecule has 5 nitrogen and oxygen atoms in total. The van der Waals surface area contributed by atoms with E-state index in [1.165, 1.54) is 16.3 Å². The zero-order valence-electron chi connectivity index (χ0n) is 32.4.